The summed E-state index contributed by atoms with van der Waals surface area (Å²) in [5.74, 6) is 0.753. The van der Waals surface area contributed by atoms with Crippen LogP contribution in [-0.4, -0.2) is 36.1 Å². The van der Waals surface area contributed by atoms with Gasteiger partial charge in [-0.05, 0) is 26.2 Å². The summed E-state index contributed by atoms with van der Waals surface area (Å²) in [5.41, 5.74) is 0. The molecule has 0 amide bonds. The Morgan fingerprint density at radius 2 is 1.94 bits per heavy atom. The quantitative estimate of drug-likeness (QED) is 0.717. The highest BCUT2D eigenvalue weighted by Gasteiger charge is 2.30. The van der Waals surface area contributed by atoms with Crippen LogP contribution in [0.2, 0.25) is 0 Å². The maximum absolute atomic E-state index is 3.62. The molecule has 1 rings (SSSR count). The number of piperazine rings is 1. The molecular formula is C15H32N2. The summed E-state index contributed by atoms with van der Waals surface area (Å²) in [6.07, 6.45) is 5.47. The molecule has 2 heteroatoms. The third-order valence-corrected chi connectivity index (χ3v) is 4.15. The Balaban J connectivity index is 2.49. The van der Waals surface area contributed by atoms with Crippen molar-refractivity contribution in [1.82, 2.24) is 10.2 Å². The van der Waals surface area contributed by atoms with Gasteiger partial charge in [-0.25, -0.2) is 0 Å². The van der Waals surface area contributed by atoms with Crippen molar-refractivity contribution in [2.24, 2.45) is 5.92 Å². The van der Waals surface area contributed by atoms with Crippen molar-refractivity contribution in [2.75, 3.05) is 13.1 Å². The topological polar surface area (TPSA) is 15.3 Å². The van der Waals surface area contributed by atoms with Crippen LogP contribution in [0.1, 0.15) is 60.3 Å². The summed E-state index contributed by atoms with van der Waals surface area (Å²) in [6, 6.07) is 2.12. The van der Waals surface area contributed by atoms with Crippen molar-refractivity contribution in [3.05, 3.63) is 0 Å². The molecule has 2 nitrogen and oxygen atoms in total. The number of nitrogens with zero attached hydrogens (tertiary/aromatic N) is 1. The van der Waals surface area contributed by atoms with E-state index in [9.17, 15) is 0 Å². The van der Waals surface area contributed by atoms with Crippen molar-refractivity contribution in [3.8, 4) is 0 Å². The van der Waals surface area contributed by atoms with Gasteiger partial charge in [0.2, 0.25) is 0 Å². The first-order chi connectivity index (χ1) is 8.06. The van der Waals surface area contributed by atoms with Crippen LogP contribution in [0.5, 0.6) is 0 Å². The number of hydrogen-bond acceptors (Lipinski definition) is 2. The molecule has 1 saturated heterocycles. The minimum atomic E-state index is 0.652. The van der Waals surface area contributed by atoms with E-state index in [0.29, 0.717) is 6.04 Å². The lowest BCUT2D eigenvalue weighted by atomic mass is 9.95. The predicted octanol–water partition coefficient (Wildman–Crippen LogP) is 3.27. The van der Waals surface area contributed by atoms with E-state index in [4.69, 9.17) is 0 Å². The minimum Gasteiger partial charge on any atom is -0.311 e. The molecule has 1 aliphatic rings. The van der Waals surface area contributed by atoms with Gasteiger partial charge in [-0.2, -0.15) is 0 Å². The molecular weight excluding hydrogens is 208 g/mol. The molecule has 1 fully saturated rings. The van der Waals surface area contributed by atoms with Gasteiger partial charge in [0.15, 0.2) is 0 Å². The van der Waals surface area contributed by atoms with Crippen LogP contribution in [0.4, 0.5) is 0 Å². The first kappa shape index (κ1) is 15.0. The van der Waals surface area contributed by atoms with Crippen LogP contribution in [0.25, 0.3) is 0 Å². The number of nitrogens with one attached hydrogen (secondary N) is 1. The van der Waals surface area contributed by atoms with Crippen LogP contribution in [0.15, 0.2) is 0 Å². The van der Waals surface area contributed by atoms with Crippen LogP contribution in [-0.2, 0) is 0 Å². The monoisotopic (exact) mass is 240 g/mol. The highest BCUT2D eigenvalue weighted by Crippen LogP contribution is 2.20. The van der Waals surface area contributed by atoms with E-state index < -0.39 is 0 Å². The summed E-state index contributed by atoms with van der Waals surface area (Å²) < 4.78 is 0. The second kappa shape index (κ2) is 7.38. The van der Waals surface area contributed by atoms with Crippen LogP contribution < -0.4 is 5.32 Å². The maximum atomic E-state index is 3.62. The van der Waals surface area contributed by atoms with Gasteiger partial charge in [0, 0.05) is 31.2 Å². The first-order valence-electron chi connectivity index (χ1n) is 7.55. The van der Waals surface area contributed by atoms with E-state index in [0.717, 1.165) is 24.5 Å². The lowest BCUT2D eigenvalue weighted by Gasteiger charge is -2.45. The van der Waals surface area contributed by atoms with Gasteiger partial charge in [-0.3, -0.25) is 4.90 Å². The second-order valence-electron chi connectivity index (χ2n) is 6.16. The van der Waals surface area contributed by atoms with Crippen LogP contribution in [0.3, 0.4) is 0 Å². The minimum absolute atomic E-state index is 0.652. The Hall–Kier alpha value is -0.0800. The highest BCUT2D eigenvalue weighted by atomic mass is 15.3. The Morgan fingerprint density at radius 1 is 1.24 bits per heavy atom. The molecule has 102 valence electrons. The molecule has 0 aromatic heterocycles. The fourth-order valence-electron chi connectivity index (χ4n) is 2.94. The van der Waals surface area contributed by atoms with Gasteiger partial charge in [0.05, 0.1) is 0 Å². The van der Waals surface area contributed by atoms with E-state index in [1.807, 2.05) is 0 Å². The zero-order valence-corrected chi connectivity index (χ0v) is 12.5. The molecule has 3 atom stereocenters. The van der Waals surface area contributed by atoms with Gasteiger partial charge in [0.25, 0.3) is 0 Å². The molecule has 1 N–H and O–H groups in total. The standard InChI is InChI=1S/C15H32N2/c1-6-7-8-9-14(5)17-11-13(4)16-10-15(17)12(2)3/h12-16H,6-11H2,1-5H3. The predicted molar refractivity (Wildman–Crippen MR) is 76.4 cm³/mol. The van der Waals surface area contributed by atoms with Crippen molar-refractivity contribution < 1.29 is 0 Å². The largest absolute Gasteiger partial charge is 0.311 e. The zero-order chi connectivity index (χ0) is 12.8. The Bertz CT molecular complexity index is 203. The van der Waals surface area contributed by atoms with Gasteiger partial charge >= 0.3 is 0 Å². The van der Waals surface area contributed by atoms with Crippen LogP contribution >= 0.6 is 0 Å². The SMILES string of the molecule is CCCCCC(C)N1CC(C)NCC1C(C)C. The fourth-order valence-corrected chi connectivity index (χ4v) is 2.94. The molecule has 0 saturated carbocycles. The molecule has 17 heavy (non-hydrogen) atoms. The smallest absolute Gasteiger partial charge is 0.0247 e. The molecule has 1 aliphatic heterocycles. The Kier molecular flexibility index (Phi) is 6.50. The van der Waals surface area contributed by atoms with E-state index in [1.165, 1.54) is 32.2 Å². The van der Waals surface area contributed by atoms with Gasteiger partial charge in [0.1, 0.15) is 0 Å². The summed E-state index contributed by atoms with van der Waals surface area (Å²) in [6.45, 7) is 14.1. The molecule has 1 heterocycles. The number of hydrogen-bond donors (Lipinski definition) is 1. The highest BCUT2D eigenvalue weighted by molar-refractivity contribution is 4.88. The summed E-state index contributed by atoms with van der Waals surface area (Å²) >= 11 is 0. The zero-order valence-electron chi connectivity index (χ0n) is 12.5. The first-order valence-corrected chi connectivity index (χ1v) is 7.55. The third-order valence-electron chi connectivity index (χ3n) is 4.15. The summed E-state index contributed by atoms with van der Waals surface area (Å²) in [4.78, 5) is 2.75. The average molecular weight is 240 g/mol. The van der Waals surface area contributed by atoms with Gasteiger partial charge < -0.3 is 5.32 Å². The fraction of sp³-hybridized carbons (Fsp3) is 1.00. The van der Waals surface area contributed by atoms with Gasteiger partial charge in [-0.15, -0.1) is 0 Å². The molecule has 3 unspecified atom stereocenters. The van der Waals surface area contributed by atoms with Crippen LogP contribution in [0, 0.1) is 5.92 Å². The lowest BCUT2D eigenvalue weighted by molar-refractivity contribution is 0.0614. The van der Waals surface area contributed by atoms with E-state index in [1.54, 1.807) is 0 Å². The second-order valence-corrected chi connectivity index (χ2v) is 6.16. The number of rotatable bonds is 6. The van der Waals surface area contributed by atoms with E-state index >= 15 is 0 Å². The molecule has 0 radical (unpaired) electrons. The molecule has 0 spiro atoms. The summed E-state index contributed by atoms with van der Waals surface area (Å²) in [7, 11) is 0. The van der Waals surface area contributed by atoms with E-state index in [2.05, 4.69) is 44.8 Å². The van der Waals surface area contributed by atoms with Crippen molar-refractivity contribution in [1.29, 1.82) is 0 Å². The van der Waals surface area contributed by atoms with Crippen molar-refractivity contribution >= 4 is 0 Å². The molecule has 0 aromatic rings. The maximum Gasteiger partial charge on any atom is 0.0247 e. The van der Waals surface area contributed by atoms with Crippen molar-refractivity contribution in [2.45, 2.75) is 78.4 Å². The normalized spacial score (nSPS) is 28.6. The third kappa shape index (κ3) is 4.59. The van der Waals surface area contributed by atoms with Crippen molar-refractivity contribution in [3.63, 3.8) is 0 Å². The molecule has 0 aliphatic carbocycles. The molecule has 0 aromatic carbocycles. The summed E-state index contributed by atoms with van der Waals surface area (Å²) in [5, 5.41) is 3.62. The molecule has 0 bridgehead atoms. The number of unbranched alkanes of at least 4 members (excludes halogenated alkanes) is 2. The van der Waals surface area contributed by atoms with Gasteiger partial charge in [-0.1, -0.05) is 40.0 Å². The lowest BCUT2D eigenvalue weighted by Crippen LogP contribution is -2.59. The van der Waals surface area contributed by atoms with E-state index in [-0.39, 0.29) is 0 Å². The Morgan fingerprint density at radius 3 is 2.53 bits per heavy atom. The average Bonchev–Trinajstić information content (AvgIpc) is 2.28. The Labute approximate surface area is 108 Å².